The highest BCUT2D eigenvalue weighted by atomic mass is 16.6. The number of nitrogens with zero attached hydrogens (tertiary/aromatic N) is 2. The fourth-order valence-electron chi connectivity index (χ4n) is 2.03. The second-order valence-corrected chi connectivity index (χ2v) is 5.26. The number of nitro groups is 1. The Bertz CT molecular complexity index is 795. The van der Waals surface area contributed by atoms with Crippen molar-refractivity contribution < 1.29 is 14.5 Å². The van der Waals surface area contributed by atoms with E-state index in [0.29, 0.717) is 11.1 Å². The van der Waals surface area contributed by atoms with E-state index in [2.05, 4.69) is 0 Å². The van der Waals surface area contributed by atoms with Gasteiger partial charge in [-0.3, -0.25) is 14.9 Å². The highest BCUT2D eigenvalue weighted by Crippen LogP contribution is 2.11. The molecule has 0 amide bonds. The van der Waals surface area contributed by atoms with Crippen molar-refractivity contribution in [2.24, 2.45) is 0 Å². The van der Waals surface area contributed by atoms with Gasteiger partial charge >= 0.3 is 5.97 Å². The van der Waals surface area contributed by atoms with Gasteiger partial charge in [-0.25, -0.2) is 4.79 Å². The van der Waals surface area contributed by atoms with Gasteiger partial charge in [0.25, 0.3) is 11.2 Å². The molecule has 2 aromatic rings. The average Bonchev–Trinajstić information content (AvgIpc) is 2.49. The van der Waals surface area contributed by atoms with Crippen molar-refractivity contribution in [2.75, 3.05) is 0 Å². The molecular formula is C16H16N2O5. The number of hydrogen-bond donors (Lipinski definition) is 0. The van der Waals surface area contributed by atoms with E-state index in [0.717, 1.165) is 12.1 Å². The van der Waals surface area contributed by atoms with Gasteiger partial charge in [0.15, 0.2) is 0 Å². The van der Waals surface area contributed by atoms with Crippen LogP contribution in [0.5, 0.6) is 0 Å². The number of aromatic nitrogens is 1. The highest BCUT2D eigenvalue weighted by Gasteiger charge is 2.11. The summed E-state index contributed by atoms with van der Waals surface area (Å²) in [5, 5.41) is 10.8. The molecule has 23 heavy (non-hydrogen) atoms. The number of hydrogen-bond acceptors (Lipinski definition) is 5. The fraction of sp³-hybridized carbons (Fsp3) is 0.250. The Hall–Kier alpha value is -2.96. The summed E-state index contributed by atoms with van der Waals surface area (Å²) in [5.41, 5.74) is 0.520. The lowest BCUT2D eigenvalue weighted by Gasteiger charge is -2.10. The molecule has 0 radical (unpaired) electrons. The SMILES string of the molecule is CC(C)OC(=O)c1cccc(Cn2cc([N+](=O)[O-])ccc2=O)c1. The molecule has 2 rings (SSSR count). The first kappa shape index (κ1) is 16.4. The van der Waals surface area contributed by atoms with E-state index in [1.54, 1.807) is 38.1 Å². The normalized spacial score (nSPS) is 10.6. The molecule has 0 fully saturated rings. The third-order valence-electron chi connectivity index (χ3n) is 3.04. The predicted octanol–water partition coefficient (Wildman–Crippen LogP) is 2.37. The molecule has 1 aromatic heterocycles. The topological polar surface area (TPSA) is 91.4 Å². The molecular weight excluding hydrogens is 300 g/mol. The Morgan fingerprint density at radius 3 is 2.70 bits per heavy atom. The average molecular weight is 316 g/mol. The summed E-state index contributed by atoms with van der Waals surface area (Å²) in [6, 6.07) is 8.94. The van der Waals surface area contributed by atoms with Crippen LogP contribution in [0, 0.1) is 10.1 Å². The van der Waals surface area contributed by atoms with Crippen molar-refractivity contribution in [3.8, 4) is 0 Å². The number of rotatable bonds is 5. The summed E-state index contributed by atoms with van der Waals surface area (Å²) in [6.45, 7) is 3.64. The zero-order chi connectivity index (χ0) is 17.0. The van der Waals surface area contributed by atoms with Crippen LogP contribution in [-0.2, 0) is 11.3 Å². The number of esters is 1. The lowest BCUT2D eigenvalue weighted by molar-refractivity contribution is -0.385. The summed E-state index contributed by atoms with van der Waals surface area (Å²) < 4.78 is 6.35. The maximum atomic E-state index is 11.9. The molecule has 1 aromatic carbocycles. The molecule has 1 heterocycles. The minimum Gasteiger partial charge on any atom is -0.459 e. The quantitative estimate of drug-likeness (QED) is 0.480. The van der Waals surface area contributed by atoms with Crippen LogP contribution >= 0.6 is 0 Å². The molecule has 7 heteroatoms. The smallest absolute Gasteiger partial charge is 0.338 e. The van der Waals surface area contributed by atoms with E-state index < -0.39 is 10.9 Å². The molecule has 0 saturated heterocycles. The van der Waals surface area contributed by atoms with Crippen LogP contribution in [0.2, 0.25) is 0 Å². The maximum absolute atomic E-state index is 11.9. The summed E-state index contributed by atoms with van der Waals surface area (Å²) in [7, 11) is 0. The van der Waals surface area contributed by atoms with Gasteiger partial charge in [-0.1, -0.05) is 12.1 Å². The van der Waals surface area contributed by atoms with Crippen molar-refractivity contribution in [2.45, 2.75) is 26.5 Å². The molecule has 0 aliphatic carbocycles. The number of carbonyl (C=O) groups is 1. The van der Waals surface area contributed by atoms with Gasteiger partial charge in [0, 0.05) is 12.1 Å². The van der Waals surface area contributed by atoms with Gasteiger partial charge in [0.2, 0.25) is 0 Å². The number of benzene rings is 1. The van der Waals surface area contributed by atoms with Gasteiger partial charge in [0.05, 0.1) is 29.3 Å². The molecule has 0 aliphatic rings. The Kier molecular flexibility index (Phi) is 4.90. The third kappa shape index (κ3) is 4.26. The van der Waals surface area contributed by atoms with E-state index >= 15 is 0 Å². The van der Waals surface area contributed by atoms with Crippen LogP contribution < -0.4 is 5.56 Å². The van der Waals surface area contributed by atoms with Gasteiger partial charge in [-0.15, -0.1) is 0 Å². The van der Waals surface area contributed by atoms with Crippen LogP contribution in [0.15, 0.2) is 47.4 Å². The molecule has 7 nitrogen and oxygen atoms in total. The van der Waals surface area contributed by atoms with Crippen LogP contribution in [0.1, 0.15) is 29.8 Å². The first-order valence-corrected chi connectivity index (χ1v) is 7.01. The van der Waals surface area contributed by atoms with Gasteiger partial charge in [-0.05, 0) is 31.5 Å². The van der Waals surface area contributed by atoms with Crippen LogP contribution in [0.4, 0.5) is 5.69 Å². The lowest BCUT2D eigenvalue weighted by atomic mass is 10.1. The third-order valence-corrected chi connectivity index (χ3v) is 3.04. The van der Waals surface area contributed by atoms with Crippen molar-refractivity contribution in [3.05, 3.63) is 74.2 Å². The van der Waals surface area contributed by atoms with Crippen molar-refractivity contribution in [3.63, 3.8) is 0 Å². The number of ether oxygens (including phenoxy) is 1. The summed E-state index contributed by atoms with van der Waals surface area (Å²) in [5.74, 6) is -0.451. The zero-order valence-electron chi connectivity index (χ0n) is 12.8. The van der Waals surface area contributed by atoms with Crippen molar-refractivity contribution >= 4 is 11.7 Å². The fourth-order valence-corrected chi connectivity index (χ4v) is 2.03. The van der Waals surface area contributed by atoms with E-state index in [1.165, 1.54) is 10.8 Å². The largest absolute Gasteiger partial charge is 0.459 e. The minimum atomic E-state index is -0.563. The van der Waals surface area contributed by atoms with E-state index in [9.17, 15) is 19.7 Å². The molecule has 0 aliphatic heterocycles. The number of pyridine rings is 1. The second kappa shape index (κ2) is 6.87. The maximum Gasteiger partial charge on any atom is 0.338 e. The van der Waals surface area contributed by atoms with Crippen LogP contribution in [0.3, 0.4) is 0 Å². The first-order chi connectivity index (χ1) is 10.9. The standard InChI is InChI=1S/C16H16N2O5/c1-11(2)23-16(20)13-5-3-4-12(8-13)9-17-10-14(18(21)22)6-7-15(17)19/h3-8,10-11H,9H2,1-2H3. The highest BCUT2D eigenvalue weighted by molar-refractivity contribution is 5.89. The summed E-state index contributed by atoms with van der Waals surface area (Å²) in [6.07, 6.45) is 0.951. The molecule has 0 unspecified atom stereocenters. The molecule has 0 saturated carbocycles. The Labute approximate surface area is 132 Å². The zero-order valence-corrected chi connectivity index (χ0v) is 12.8. The van der Waals surface area contributed by atoms with E-state index in [1.807, 2.05) is 0 Å². The van der Waals surface area contributed by atoms with E-state index in [4.69, 9.17) is 4.74 Å². The van der Waals surface area contributed by atoms with Gasteiger partial charge in [-0.2, -0.15) is 0 Å². The molecule has 0 atom stereocenters. The monoisotopic (exact) mass is 316 g/mol. The Morgan fingerprint density at radius 1 is 1.30 bits per heavy atom. The molecule has 0 bridgehead atoms. The van der Waals surface area contributed by atoms with Crippen molar-refractivity contribution in [1.29, 1.82) is 0 Å². The van der Waals surface area contributed by atoms with Crippen LogP contribution in [-0.4, -0.2) is 21.6 Å². The first-order valence-electron chi connectivity index (χ1n) is 7.01. The Balaban J connectivity index is 2.27. The molecule has 0 spiro atoms. The lowest BCUT2D eigenvalue weighted by Crippen LogP contribution is -2.19. The summed E-state index contributed by atoms with van der Waals surface area (Å²) in [4.78, 5) is 33.9. The predicted molar refractivity (Wildman–Crippen MR) is 83.5 cm³/mol. The van der Waals surface area contributed by atoms with Gasteiger partial charge < -0.3 is 9.30 Å². The second-order valence-electron chi connectivity index (χ2n) is 5.26. The molecule has 120 valence electrons. The number of carbonyl (C=O) groups excluding carboxylic acids is 1. The minimum absolute atomic E-state index is 0.128. The van der Waals surface area contributed by atoms with Crippen LogP contribution in [0.25, 0.3) is 0 Å². The van der Waals surface area contributed by atoms with E-state index in [-0.39, 0.29) is 23.9 Å². The Morgan fingerprint density at radius 2 is 2.04 bits per heavy atom. The van der Waals surface area contributed by atoms with Gasteiger partial charge in [0.1, 0.15) is 0 Å². The summed E-state index contributed by atoms with van der Waals surface area (Å²) >= 11 is 0. The van der Waals surface area contributed by atoms with Crippen molar-refractivity contribution in [1.82, 2.24) is 4.57 Å². The molecule has 0 N–H and O–H groups in total.